The Bertz CT molecular complexity index is 121. The molecule has 12 heavy (non-hydrogen) atoms. The van der Waals surface area contributed by atoms with Crippen LogP contribution in [0, 0.1) is 5.92 Å². The van der Waals surface area contributed by atoms with Crippen molar-refractivity contribution in [2.24, 2.45) is 5.92 Å². The van der Waals surface area contributed by atoms with E-state index in [1.165, 1.54) is 25.8 Å². The molecular weight excluding hydrogens is 148 g/mol. The Morgan fingerprint density at radius 3 is 2.67 bits per heavy atom. The van der Waals surface area contributed by atoms with Gasteiger partial charge in [0.25, 0.3) is 0 Å². The molecule has 1 fully saturated rings. The molecule has 0 spiro atoms. The van der Waals surface area contributed by atoms with Crippen molar-refractivity contribution >= 4 is 0 Å². The first-order valence-corrected chi connectivity index (χ1v) is 5.09. The van der Waals surface area contributed by atoms with Gasteiger partial charge in [0.1, 0.15) is 0 Å². The fourth-order valence-corrected chi connectivity index (χ4v) is 1.46. The van der Waals surface area contributed by atoms with Gasteiger partial charge < -0.3 is 10.2 Å². The predicted octanol–water partition coefficient (Wildman–Crippen LogP) is 1.33. The Kier molecular flexibility index (Phi) is 4.02. The highest BCUT2D eigenvalue weighted by Gasteiger charge is 2.24. The third-order valence-electron chi connectivity index (χ3n) is 2.81. The molecule has 1 atom stereocenters. The summed E-state index contributed by atoms with van der Waals surface area (Å²) in [7, 11) is 4.27. The lowest BCUT2D eigenvalue weighted by Gasteiger charge is -2.24. The van der Waals surface area contributed by atoms with Gasteiger partial charge in [0, 0.05) is 12.6 Å². The molecule has 0 aliphatic heterocycles. The third-order valence-corrected chi connectivity index (χ3v) is 2.81. The molecule has 0 radical (unpaired) electrons. The quantitative estimate of drug-likeness (QED) is 0.647. The molecule has 0 aromatic heterocycles. The molecule has 0 aromatic rings. The van der Waals surface area contributed by atoms with E-state index in [4.69, 9.17) is 0 Å². The Balaban J connectivity index is 2.06. The maximum Gasteiger partial charge on any atom is 0.00760 e. The molecular formula is C10H22N2. The molecule has 0 bridgehead atoms. The number of nitrogens with zero attached hydrogens (tertiary/aromatic N) is 1. The summed E-state index contributed by atoms with van der Waals surface area (Å²) in [5, 5.41) is 3.20. The van der Waals surface area contributed by atoms with Crippen molar-refractivity contribution < 1.29 is 0 Å². The van der Waals surface area contributed by atoms with Crippen molar-refractivity contribution in [3.8, 4) is 0 Å². The van der Waals surface area contributed by atoms with Crippen LogP contribution in [0.15, 0.2) is 0 Å². The molecule has 1 N–H and O–H groups in total. The molecule has 2 nitrogen and oxygen atoms in total. The molecule has 1 unspecified atom stereocenters. The number of rotatable bonds is 6. The second-order valence-electron chi connectivity index (χ2n) is 4.12. The molecule has 1 aliphatic carbocycles. The van der Waals surface area contributed by atoms with E-state index < -0.39 is 0 Å². The third kappa shape index (κ3) is 3.55. The zero-order valence-electron chi connectivity index (χ0n) is 8.64. The van der Waals surface area contributed by atoms with E-state index in [9.17, 15) is 0 Å². The summed E-state index contributed by atoms with van der Waals surface area (Å²) in [6.45, 7) is 4.76. The Morgan fingerprint density at radius 2 is 2.17 bits per heavy atom. The van der Waals surface area contributed by atoms with Gasteiger partial charge in [-0.1, -0.05) is 0 Å². The number of hydrogen-bond acceptors (Lipinski definition) is 2. The standard InChI is InChI=1S/C10H22N2/c1-9(6-7-11-2)12(3)8-10-4-5-10/h9-11H,4-8H2,1-3H3. The summed E-state index contributed by atoms with van der Waals surface area (Å²) in [6.07, 6.45) is 4.19. The van der Waals surface area contributed by atoms with E-state index >= 15 is 0 Å². The lowest BCUT2D eigenvalue weighted by Crippen LogP contribution is -2.33. The fraction of sp³-hybridized carbons (Fsp3) is 1.00. The van der Waals surface area contributed by atoms with Crippen molar-refractivity contribution in [3.63, 3.8) is 0 Å². The first-order chi connectivity index (χ1) is 5.74. The second-order valence-corrected chi connectivity index (χ2v) is 4.12. The summed E-state index contributed by atoms with van der Waals surface area (Å²) in [5.74, 6) is 1.02. The largest absolute Gasteiger partial charge is 0.320 e. The molecule has 0 heterocycles. The molecule has 0 amide bonds. The summed E-state index contributed by atoms with van der Waals surface area (Å²) in [6, 6.07) is 0.734. The van der Waals surface area contributed by atoms with Gasteiger partial charge in [0.15, 0.2) is 0 Å². The summed E-state index contributed by atoms with van der Waals surface area (Å²) in [5.41, 5.74) is 0. The van der Waals surface area contributed by atoms with Crippen LogP contribution >= 0.6 is 0 Å². The van der Waals surface area contributed by atoms with Crippen LogP contribution in [0.4, 0.5) is 0 Å². The fourth-order valence-electron chi connectivity index (χ4n) is 1.46. The van der Waals surface area contributed by atoms with E-state index in [0.29, 0.717) is 0 Å². The maximum absolute atomic E-state index is 3.20. The molecule has 1 aliphatic rings. The van der Waals surface area contributed by atoms with E-state index in [-0.39, 0.29) is 0 Å². The molecule has 1 saturated carbocycles. The van der Waals surface area contributed by atoms with Gasteiger partial charge in [-0.3, -0.25) is 0 Å². The van der Waals surface area contributed by atoms with Crippen molar-refractivity contribution in [2.45, 2.75) is 32.2 Å². The lowest BCUT2D eigenvalue weighted by molar-refractivity contribution is 0.236. The highest BCUT2D eigenvalue weighted by atomic mass is 15.1. The number of nitrogens with one attached hydrogen (secondary N) is 1. The summed E-state index contributed by atoms with van der Waals surface area (Å²) < 4.78 is 0. The van der Waals surface area contributed by atoms with Crippen LogP contribution in [-0.2, 0) is 0 Å². The van der Waals surface area contributed by atoms with E-state index in [2.05, 4.69) is 24.2 Å². The molecule has 0 aromatic carbocycles. The van der Waals surface area contributed by atoms with Crippen LogP contribution < -0.4 is 5.32 Å². The SMILES string of the molecule is CNCCC(C)N(C)CC1CC1. The predicted molar refractivity (Wildman–Crippen MR) is 53.4 cm³/mol. The van der Waals surface area contributed by atoms with Gasteiger partial charge >= 0.3 is 0 Å². The zero-order chi connectivity index (χ0) is 8.97. The smallest absolute Gasteiger partial charge is 0.00760 e. The monoisotopic (exact) mass is 170 g/mol. The summed E-state index contributed by atoms with van der Waals surface area (Å²) >= 11 is 0. The van der Waals surface area contributed by atoms with Gasteiger partial charge in [-0.25, -0.2) is 0 Å². The first-order valence-electron chi connectivity index (χ1n) is 5.09. The average molecular weight is 170 g/mol. The molecule has 0 saturated heterocycles. The van der Waals surface area contributed by atoms with Crippen molar-refractivity contribution in [2.75, 3.05) is 27.2 Å². The van der Waals surface area contributed by atoms with Crippen LogP contribution in [0.3, 0.4) is 0 Å². The lowest BCUT2D eigenvalue weighted by atomic mass is 10.2. The Morgan fingerprint density at radius 1 is 1.50 bits per heavy atom. The normalized spacial score (nSPS) is 20.0. The van der Waals surface area contributed by atoms with Crippen molar-refractivity contribution in [1.29, 1.82) is 0 Å². The van der Waals surface area contributed by atoms with Gasteiger partial charge in [-0.2, -0.15) is 0 Å². The van der Waals surface area contributed by atoms with Crippen LogP contribution in [0.5, 0.6) is 0 Å². The van der Waals surface area contributed by atoms with Gasteiger partial charge in [-0.05, 0) is 52.7 Å². The van der Waals surface area contributed by atoms with Crippen LogP contribution in [0.25, 0.3) is 0 Å². The van der Waals surface area contributed by atoms with Gasteiger partial charge in [0.05, 0.1) is 0 Å². The number of hydrogen-bond donors (Lipinski definition) is 1. The average Bonchev–Trinajstić information content (AvgIpc) is 2.83. The van der Waals surface area contributed by atoms with Crippen molar-refractivity contribution in [1.82, 2.24) is 10.2 Å². The minimum Gasteiger partial charge on any atom is -0.320 e. The maximum atomic E-state index is 3.20. The van der Waals surface area contributed by atoms with Crippen molar-refractivity contribution in [3.05, 3.63) is 0 Å². The topological polar surface area (TPSA) is 15.3 Å². The van der Waals surface area contributed by atoms with Gasteiger partial charge in [0.2, 0.25) is 0 Å². The molecule has 2 heteroatoms. The highest BCUT2D eigenvalue weighted by molar-refractivity contribution is 4.78. The Hall–Kier alpha value is -0.0800. The van der Waals surface area contributed by atoms with Crippen LogP contribution in [-0.4, -0.2) is 38.1 Å². The van der Waals surface area contributed by atoms with Gasteiger partial charge in [-0.15, -0.1) is 0 Å². The molecule has 72 valence electrons. The minimum atomic E-state index is 0.734. The zero-order valence-corrected chi connectivity index (χ0v) is 8.64. The van der Waals surface area contributed by atoms with Crippen LogP contribution in [0.1, 0.15) is 26.2 Å². The summed E-state index contributed by atoms with van der Waals surface area (Å²) in [4.78, 5) is 2.50. The van der Waals surface area contributed by atoms with E-state index in [0.717, 1.165) is 18.5 Å². The minimum absolute atomic E-state index is 0.734. The molecule has 1 rings (SSSR count). The van der Waals surface area contributed by atoms with E-state index in [1.54, 1.807) is 0 Å². The first kappa shape index (κ1) is 10.0. The van der Waals surface area contributed by atoms with E-state index in [1.807, 2.05) is 7.05 Å². The Labute approximate surface area is 76.3 Å². The second kappa shape index (κ2) is 4.83. The van der Waals surface area contributed by atoms with Crippen LogP contribution in [0.2, 0.25) is 0 Å². The highest BCUT2D eigenvalue weighted by Crippen LogP contribution is 2.29.